The van der Waals surface area contributed by atoms with Crippen LogP contribution in [0, 0.1) is 0 Å². The first-order valence-corrected chi connectivity index (χ1v) is 6.17. The molecule has 4 nitrogen and oxygen atoms in total. The Hall–Kier alpha value is -1.75. The van der Waals surface area contributed by atoms with Gasteiger partial charge in [-0.3, -0.25) is 4.98 Å². The largest absolute Gasteiger partial charge is 0.549 e. The monoisotopic (exact) mass is 248 g/mol. The van der Waals surface area contributed by atoms with E-state index >= 15 is 0 Å². The Morgan fingerprint density at radius 1 is 1.41 bits per heavy atom. The summed E-state index contributed by atoms with van der Waals surface area (Å²) in [4.78, 5) is 14.4. The van der Waals surface area contributed by atoms with E-state index in [1.165, 1.54) is 11.8 Å². The molecule has 1 heterocycles. The summed E-state index contributed by atoms with van der Waals surface area (Å²) < 4.78 is 0. The second kappa shape index (κ2) is 5.05. The first kappa shape index (κ1) is 11.7. The van der Waals surface area contributed by atoms with Crippen LogP contribution in [0.1, 0.15) is 5.56 Å². The van der Waals surface area contributed by atoms with Crippen molar-refractivity contribution in [2.45, 2.75) is 5.75 Å². The summed E-state index contributed by atoms with van der Waals surface area (Å²) in [6.07, 6.45) is 1.61. The fraction of sp³-hybridized carbons (Fsp3) is 0.167. The number of aromatic hydroxyl groups is 1. The number of hydrogen-bond donors (Lipinski definition) is 1. The molecule has 2 aromatic rings. The van der Waals surface area contributed by atoms with Gasteiger partial charge in [-0.2, -0.15) is 11.8 Å². The van der Waals surface area contributed by atoms with Crippen LogP contribution in [-0.2, 0) is 10.5 Å². The highest BCUT2D eigenvalue weighted by Gasteiger charge is 2.05. The summed E-state index contributed by atoms with van der Waals surface area (Å²) in [6, 6.07) is 7.00. The lowest BCUT2D eigenvalue weighted by Gasteiger charge is -2.07. The third-order valence-electron chi connectivity index (χ3n) is 2.32. The van der Waals surface area contributed by atoms with Gasteiger partial charge in [0.05, 0.1) is 5.97 Å². The minimum absolute atomic E-state index is 0.0391. The fourth-order valence-electron chi connectivity index (χ4n) is 1.59. The van der Waals surface area contributed by atoms with Crippen LogP contribution in [0.15, 0.2) is 30.5 Å². The van der Waals surface area contributed by atoms with Gasteiger partial charge in [0.2, 0.25) is 0 Å². The number of nitrogens with zero attached hydrogens (tertiary/aromatic N) is 1. The van der Waals surface area contributed by atoms with Crippen LogP contribution in [-0.4, -0.2) is 21.8 Å². The molecule has 17 heavy (non-hydrogen) atoms. The zero-order chi connectivity index (χ0) is 12.3. The molecule has 0 atom stereocenters. The van der Waals surface area contributed by atoms with E-state index in [-0.39, 0.29) is 11.5 Å². The molecule has 0 bridgehead atoms. The van der Waals surface area contributed by atoms with Crippen molar-refractivity contribution < 1.29 is 15.0 Å². The van der Waals surface area contributed by atoms with Crippen LogP contribution >= 0.6 is 11.8 Å². The summed E-state index contributed by atoms with van der Waals surface area (Å²) in [6.45, 7) is 0. The molecule has 0 radical (unpaired) electrons. The highest BCUT2D eigenvalue weighted by molar-refractivity contribution is 7.99. The Bertz CT molecular complexity index is 556. The molecule has 0 spiro atoms. The van der Waals surface area contributed by atoms with Crippen LogP contribution in [0.3, 0.4) is 0 Å². The number of carboxylic acids is 1. The maximum atomic E-state index is 10.3. The maximum absolute atomic E-state index is 10.3. The van der Waals surface area contributed by atoms with Gasteiger partial charge in [-0.15, -0.1) is 0 Å². The number of carbonyl (C=O) groups is 1. The van der Waals surface area contributed by atoms with Gasteiger partial charge in [0.15, 0.2) is 0 Å². The Morgan fingerprint density at radius 3 is 3.00 bits per heavy atom. The molecule has 0 aliphatic heterocycles. The first-order chi connectivity index (χ1) is 8.18. The number of hydrogen-bond acceptors (Lipinski definition) is 5. The van der Waals surface area contributed by atoms with Crippen LogP contribution in [0.4, 0.5) is 0 Å². The van der Waals surface area contributed by atoms with Crippen molar-refractivity contribution in [3.8, 4) is 5.75 Å². The molecule has 0 fully saturated rings. The van der Waals surface area contributed by atoms with E-state index in [1.807, 2.05) is 6.07 Å². The van der Waals surface area contributed by atoms with Gasteiger partial charge in [-0.1, -0.05) is 12.1 Å². The lowest BCUT2D eigenvalue weighted by molar-refractivity contribution is -0.301. The molecule has 88 valence electrons. The topological polar surface area (TPSA) is 73.2 Å². The van der Waals surface area contributed by atoms with Gasteiger partial charge >= 0.3 is 0 Å². The number of carbonyl (C=O) groups excluding carboxylic acids is 1. The SMILES string of the molecule is O=C([O-])CSCc1ccc(O)c2ncccc12. The van der Waals surface area contributed by atoms with Crippen molar-refractivity contribution in [1.29, 1.82) is 0 Å². The average Bonchev–Trinajstić information content (AvgIpc) is 2.32. The Kier molecular flexibility index (Phi) is 3.49. The van der Waals surface area contributed by atoms with E-state index in [9.17, 15) is 15.0 Å². The van der Waals surface area contributed by atoms with Gasteiger partial charge < -0.3 is 15.0 Å². The number of pyridine rings is 1. The van der Waals surface area contributed by atoms with Crippen molar-refractivity contribution in [3.63, 3.8) is 0 Å². The summed E-state index contributed by atoms with van der Waals surface area (Å²) >= 11 is 1.26. The van der Waals surface area contributed by atoms with Gasteiger partial charge in [0.1, 0.15) is 11.3 Å². The second-order valence-electron chi connectivity index (χ2n) is 3.51. The minimum atomic E-state index is -1.07. The molecule has 2 rings (SSSR count). The molecule has 0 aliphatic carbocycles. The predicted octanol–water partition coefficient (Wildman–Crippen LogP) is 0.923. The number of benzene rings is 1. The van der Waals surface area contributed by atoms with Crippen LogP contribution < -0.4 is 5.11 Å². The minimum Gasteiger partial charge on any atom is -0.549 e. The number of aromatic nitrogens is 1. The molecule has 1 aromatic heterocycles. The number of phenolic OH excluding ortho intramolecular Hbond substituents is 1. The molecule has 0 aliphatic rings. The maximum Gasteiger partial charge on any atom is 0.141 e. The normalized spacial score (nSPS) is 10.6. The Balaban J connectivity index is 2.28. The molecule has 0 unspecified atom stereocenters. The molecule has 0 saturated carbocycles. The zero-order valence-electron chi connectivity index (χ0n) is 8.92. The van der Waals surface area contributed by atoms with Crippen molar-refractivity contribution in [3.05, 3.63) is 36.0 Å². The first-order valence-electron chi connectivity index (χ1n) is 5.01. The molecular weight excluding hydrogens is 238 g/mol. The van der Waals surface area contributed by atoms with Gasteiger partial charge in [-0.25, -0.2) is 0 Å². The van der Waals surface area contributed by atoms with E-state index in [4.69, 9.17) is 0 Å². The number of carboxylic acid groups (broad SMARTS) is 1. The molecule has 5 heteroatoms. The van der Waals surface area contributed by atoms with Crippen molar-refractivity contribution >= 4 is 28.6 Å². The number of aliphatic carboxylic acids is 1. The van der Waals surface area contributed by atoms with Gasteiger partial charge in [0, 0.05) is 23.1 Å². The number of thioether (sulfide) groups is 1. The predicted molar refractivity (Wildman–Crippen MR) is 64.6 cm³/mol. The highest BCUT2D eigenvalue weighted by atomic mass is 32.2. The van der Waals surface area contributed by atoms with Crippen molar-refractivity contribution in [2.75, 3.05) is 5.75 Å². The van der Waals surface area contributed by atoms with Crippen LogP contribution in [0.25, 0.3) is 10.9 Å². The smallest absolute Gasteiger partial charge is 0.141 e. The third-order valence-corrected chi connectivity index (χ3v) is 3.27. The quantitative estimate of drug-likeness (QED) is 0.871. The van der Waals surface area contributed by atoms with Crippen molar-refractivity contribution in [1.82, 2.24) is 4.98 Å². The van der Waals surface area contributed by atoms with E-state index < -0.39 is 5.97 Å². The molecule has 1 aromatic carbocycles. The summed E-state index contributed by atoms with van der Waals surface area (Å²) in [7, 11) is 0. The fourth-order valence-corrected chi connectivity index (χ4v) is 2.33. The Labute approximate surface area is 102 Å². The van der Waals surface area contributed by atoms with Gasteiger partial charge in [-0.05, 0) is 17.7 Å². The lowest BCUT2D eigenvalue weighted by Crippen LogP contribution is -2.24. The number of phenols is 1. The summed E-state index contributed by atoms with van der Waals surface area (Å²) in [5, 5.41) is 20.8. The molecule has 1 N–H and O–H groups in total. The molecule has 0 saturated heterocycles. The number of fused-ring (bicyclic) bond motifs is 1. The van der Waals surface area contributed by atoms with E-state index in [2.05, 4.69) is 4.98 Å². The zero-order valence-corrected chi connectivity index (χ0v) is 9.74. The third kappa shape index (κ3) is 2.68. The summed E-state index contributed by atoms with van der Waals surface area (Å²) in [5.41, 5.74) is 1.50. The van der Waals surface area contributed by atoms with E-state index in [0.717, 1.165) is 10.9 Å². The Morgan fingerprint density at radius 2 is 2.24 bits per heavy atom. The van der Waals surface area contributed by atoms with E-state index in [0.29, 0.717) is 11.3 Å². The van der Waals surface area contributed by atoms with Crippen molar-refractivity contribution in [2.24, 2.45) is 0 Å². The van der Waals surface area contributed by atoms with Crippen LogP contribution in [0.5, 0.6) is 5.75 Å². The molecular formula is C12H10NO3S-. The lowest BCUT2D eigenvalue weighted by atomic mass is 10.1. The van der Waals surface area contributed by atoms with Gasteiger partial charge in [0.25, 0.3) is 0 Å². The molecule has 0 amide bonds. The van der Waals surface area contributed by atoms with Crippen LogP contribution in [0.2, 0.25) is 0 Å². The second-order valence-corrected chi connectivity index (χ2v) is 4.49. The standard InChI is InChI=1S/C12H11NO3S/c14-10-4-3-8(6-17-7-11(15)16)9-2-1-5-13-12(9)10/h1-5,14H,6-7H2,(H,15,16)/p-1. The van der Waals surface area contributed by atoms with E-state index in [1.54, 1.807) is 24.4 Å². The summed E-state index contributed by atoms with van der Waals surface area (Å²) in [5.74, 6) is -0.426. The number of rotatable bonds is 4. The highest BCUT2D eigenvalue weighted by Crippen LogP contribution is 2.27. The average molecular weight is 248 g/mol.